The van der Waals surface area contributed by atoms with E-state index in [2.05, 4.69) is 25.8 Å². The molecule has 5 nitrogen and oxygen atoms in total. The molecule has 2 N–H and O–H groups in total. The maximum atomic E-state index is 5.41. The monoisotopic (exact) mass is 233 g/mol. The molecule has 0 saturated carbocycles. The maximum Gasteiger partial charge on any atom is 0.225 e. The van der Waals surface area contributed by atoms with Gasteiger partial charge in [0.25, 0.3) is 0 Å². The minimum absolute atomic E-state index is 0.623. The lowest BCUT2D eigenvalue weighted by Crippen LogP contribution is -2.46. The summed E-state index contributed by atoms with van der Waals surface area (Å²) in [6.45, 7) is 5.68. The van der Waals surface area contributed by atoms with Gasteiger partial charge in [0, 0.05) is 51.7 Å². The van der Waals surface area contributed by atoms with Gasteiger partial charge in [0.15, 0.2) is 0 Å². The van der Waals surface area contributed by atoms with Gasteiger partial charge >= 0.3 is 0 Å². The third-order valence-electron chi connectivity index (χ3n) is 2.87. The molecular weight excluding hydrogens is 214 g/mol. The quantitative estimate of drug-likeness (QED) is 0.748. The average Bonchev–Trinajstić information content (AvgIpc) is 2.41. The first-order valence-electron chi connectivity index (χ1n) is 5.99. The van der Waals surface area contributed by atoms with E-state index in [1.54, 1.807) is 12.4 Å². The van der Waals surface area contributed by atoms with E-state index in [-0.39, 0.29) is 0 Å². The van der Waals surface area contributed by atoms with Crippen LogP contribution in [0.1, 0.15) is 0 Å². The molecule has 2 rings (SSSR count). The van der Waals surface area contributed by atoms with E-state index < -0.39 is 0 Å². The summed E-state index contributed by atoms with van der Waals surface area (Å²) < 4.78 is 0. The Kier molecular flexibility index (Phi) is 4.46. The molecule has 1 aliphatic rings. The van der Waals surface area contributed by atoms with E-state index in [4.69, 9.17) is 5.73 Å². The first-order valence-corrected chi connectivity index (χ1v) is 5.99. The number of piperazine rings is 1. The largest absolute Gasteiger partial charge is 0.338 e. The molecule has 1 aromatic rings. The maximum absolute atomic E-state index is 5.41. The fraction of sp³-hybridized carbons (Fsp3) is 0.500. The van der Waals surface area contributed by atoms with Gasteiger partial charge in [0.05, 0.1) is 0 Å². The molecule has 0 atom stereocenters. The molecule has 5 heteroatoms. The lowest BCUT2D eigenvalue weighted by molar-refractivity contribution is 0.282. The van der Waals surface area contributed by atoms with Gasteiger partial charge in [-0.15, -0.1) is 0 Å². The predicted molar refractivity (Wildman–Crippen MR) is 68.9 cm³/mol. The van der Waals surface area contributed by atoms with Gasteiger partial charge in [0.1, 0.15) is 0 Å². The number of aromatic nitrogens is 2. The molecule has 0 bridgehead atoms. The Hall–Kier alpha value is -1.46. The van der Waals surface area contributed by atoms with Crippen LogP contribution in [0.15, 0.2) is 30.6 Å². The van der Waals surface area contributed by atoms with E-state index in [1.165, 1.54) is 0 Å². The smallest absolute Gasteiger partial charge is 0.225 e. The topological polar surface area (TPSA) is 58.3 Å². The predicted octanol–water partition coefficient (Wildman–Crippen LogP) is 0.113. The second kappa shape index (κ2) is 6.32. The minimum atomic E-state index is 0.623. The Labute approximate surface area is 102 Å². The van der Waals surface area contributed by atoms with E-state index in [9.17, 15) is 0 Å². The molecule has 0 radical (unpaired) electrons. The first kappa shape index (κ1) is 12.0. The molecule has 1 aromatic heterocycles. The van der Waals surface area contributed by atoms with Gasteiger partial charge in [-0.1, -0.05) is 12.2 Å². The fourth-order valence-electron chi connectivity index (χ4n) is 1.90. The highest BCUT2D eigenvalue weighted by molar-refractivity contribution is 5.29. The van der Waals surface area contributed by atoms with Crippen molar-refractivity contribution in [1.82, 2.24) is 14.9 Å². The summed E-state index contributed by atoms with van der Waals surface area (Å²) >= 11 is 0. The number of anilines is 1. The van der Waals surface area contributed by atoms with Gasteiger partial charge < -0.3 is 10.6 Å². The van der Waals surface area contributed by atoms with Gasteiger partial charge in [-0.05, 0) is 6.07 Å². The number of rotatable bonds is 4. The van der Waals surface area contributed by atoms with Crippen molar-refractivity contribution in [2.75, 3.05) is 44.2 Å². The van der Waals surface area contributed by atoms with Crippen LogP contribution in [0.3, 0.4) is 0 Å². The summed E-state index contributed by atoms with van der Waals surface area (Å²) in [6, 6.07) is 1.84. The Morgan fingerprint density at radius 2 is 1.82 bits per heavy atom. The third kappa shape index (κ3) is 3.51. The number of nitrogens with zero attached hydrogens (tertiary/aromatic N) is 4. The summed E-state index contributed by atoms with van der Waals surface area (Å²) in [7, 11) is 0. The van der Waals surface area contributed by atoms with Crippen LogP contribution < -0.4 is 10.6 Å². The van der Waals surface area contributed by atoms with Crippen LogP contribution in [-0.2, 0) is 0 Å². The SMILES string of the molecule is NCC=CCN1CCN(c2ncccn2)CC1. The van der Waals surface area contributed by atoms with Gasteiger partial charge in [-0.2, -0.15) is 0 Å². The van der Waals surface area contributed by atoms with Crippen LogP contribution in [0.2, 0.25) is 0 Å². The van der Waals surface area contributed by atoms with Crippen molar-refractivity contribution in [3.05, 3.63) is 30.6 Å². The highest BCUT2D eigenvalue weighted by Gasteiger charge is 2.17. The van der Waals surface area contributed by atoms with Crippen molar-refractivity contribution in [2.24, 2.45) is 5.73 Å². The van der Waals surface area contributed by atoms with E-state index in [1.807, 2.05) is 12.1 Å². The van der Waals surface area contributed by atoms with Crippen molar-refractivity contribution in [2.45, 2.75) is 0 Å². The number of nitrogens with two attached hydrogens (primary N) is 1. The van der Waals surface area contributed by atoms with Crippen LogP contribution in [-0.4, -0.2) is 54.1 Å². The summed E-state index contributed by atoms with van der Waals surface area (Å²) in [5.41, 5.74) is 5.41. The van der Waals surface area contributed by atoms with Crippen LogP contribution in [0.5, 0.6) is 0 Å². The average molecular weight is 233 g/mol. The second-order valence-electron chi connectivity index (χ2n) is 4.04. The zero-order valence-electron chi connectivity index (χ0n) is 10.00. The molecule has 0 aliphatic carbocycles. The van der Waals surface area contributed by atoms with Crippen LogP contribution in [0.25, 0.3) is 0 Å². The Morgan fingerprint density at radius 1 is 1.12 bits per heavy atom. The van der Waals surface area contributed by atoms with Gasteiger partial charge in [0.2, 0.25) is 5.95 Å². The third-order valence-corrected chi connectivity index (χ3v) is 2.87. The molecular formula is C12H19N5. The number of hydrogen-bond acceptors (Lipinski definition) is 5. The molecule has 0 spiro atoms. The van der Waals surface area contributed by atoms with Crippen LogP contribution in [0.4, 0.5) is 5.95 Å². The van der Waals surface area contributed by atoms with Crippen molar-refractivity contribution in [3.63, 3.8) is 0 Å². The van der Waals surface area contributed by atoms with Crippen LogP contribution >= 0.6 is 0 Å². The standard InChI is InChI=1S/C12H19N5/c13-4-1-2-7-16-8-10-17(11-9-16)12-14-5-3-6-15-12/h1-3,5-6H,4,7-11,13H2. The zero-order chi connectivity index (χ0) is 11.9. The van der Waals surface area contributed by atoms with Gasteiger partial charge in [-0.25, -0.2) is 9.97 Å². The summed E-state index contributed by atoms with van der Waals surface area (Å²) in [5, 5.41) is 0. The van der Waals surface area contributed by atoms with Crippen molar-refractivity contribution in [3.8, 4) is 0 Å². The van der Waals surface area contributed by atoms with E-state index in [0.29, 0.717) is 6.54 Å². The molecule has 0 unspecified atom stereocenters. The minimum Gasteiger partial charge on any atom is -0.338 e. The Bertz CT molecular complexity index is 343. The second-order valence-corrected chi connectivity index (χ2v) is 4.04. The molecule has 1 saturated heterocycles. The first-order chi connectivity index (χ1) is 8.40. The lowest BCUT2D eigenvalue weighted by Gasteiger charge is -2.34. The zero-order valence-corrected chi connectivity index (χ0v) is 10.00. The van der Waals surface area contributed by atoms with E-state index >= 15 is 0 Å². The lowest BCUT2D eigenvalue weighted by atomic mass is 10.3. The van der Waals surface area contributed by atoms with Crippen LogP contribution in [0, 0.1) is 0 Å². The van der Waals surface area contributed by atoms with Crippen molar-refractivity contribution in [1.29, 1.82) is 0 Å². The van der Waals surface area contributed by atoms with E-state index in [0.717, 1.165) is 38.7 Å². The molecule has 1 fully saturated rings. The highest BCUT2D eigenvalue weighted by atomic mass is 15.3. The fourth-order valence-corrected chi connectivity index (χ4v) is 1.90. The van der Waals surface area contributed by atoms with Crippen molar-refractivity contribution < 1.29 is 0 Å². The molecule has 17 heavy (non-hydrogen) atoms. The molecule has 2 heterocycles. The molecule has 0 aromatic carbocycles. The summed E-state index contributed by atoms with van der Waals surface area (Å²) in [6.07, 6.45) is 7.72. The molecule has 92 valence electrons. The summed E-state index contributed by atoms with van der Waals surface area (Å²) in [4.78, 5) is 13.2. The van der Waals surface area contributed by atoms with Crippen molar-refractivity contribution >= 4 is 5.95 Å². The summed E-state index contributed by atoms with van der Waals surface area (Å²) in [5.74, 6) is 0.838. The highest BCUT2D eigenvalue weighted by Crippen LogP contribution is 2.09. The Morgan fingerprint density at radius 3 is 2.47 bits per heavy atom. The normalized spacial score (nSPS) is 17.8. The molecule has 1 aliphatic heterocycles. The Balaban J connectivity index is 1.80. The molecule has 0 amide bonds. The number of hydrogen-bond donors (Lipinski definition) is 1. The van der Waals surface area contributed by atoms with Gasteiger partial charge in [-0.3, -0.25) is 4.90 Å².